The van der Waals surface area contributed by atoms with E-state index in [2.05, 4.69) is 19.6 Å². The van der Waals surface area contributed by atoms with Gasteiger partial charge in [0.1, 0.15) is 18.0 Å². The van der Waals surface area contributed by atoms with Crippen molar-refractivity contribution in [2.75, 3.05) is 0 Å². The van der Waals surface area contributed by atoms with Gasteiger partial charge in [-0.2, -0.15) is 0 Å². The third-order valence-electron chi connectivity index (χ3n) is 6.66. The SMILES string of the molecule is CC[C@@]1(O)CC(=O)OCc2c1cc1n(c2=O)Cc2c-1nc1cc(F)ccc1c2[Si](C)(C)C. The zero-order valence-electron chi connectivity index (χ0n) is 18.6. The first-order chi connectivity index (χ1) is 15.0. The van der Waals surface area contributed by atoms with E-state index in [4.69, 9.17) is 9.72 Å². The maximum absolute atomic E-state index is 14.1. The van der Waals surface area contributed by atoms with Gasteiger partial charge in [0.15, 0.2) is 0 Å². The van der Waals surface area contributed by atoms with E-state index < -0.39 is 19.6 Å². The van der Waals surface area contributed by atoms with Crippen LogP contribution in [0.3, 0.4) is 0 Å². The van der Waals surface area contributed by atoms with Gasteiger partial charge in [0.05, 0.1) is 43.5 Å². The van der Waals surface area contributed by atoms with Crippen molar-refractivity contribution in [3.8, 4) is 11.4 Å². The fourth-order valence-electron chi connectivity index (χ4n) is 5.11. The van der Waals surface area contributed by atoms with Gasteiger partial charge in [0.25, 0.3) is 5.56 Å². The smallest absolute Gasteiger partial charge is 0.309 e. The number of aliphatic hydroxyl groups is 1. The minimum Gasteiger partial charge on any atom is -0.460 e. The number of aromatic nitrogens is 2. The highest BCUT2D eigenvalue weighted by molar-refractivity contribution is 6.90. The van der Waals surface area contributed by atoms with Gasteiger partial charge in [-0.15, -0.1) is 0 Å². The molecule has 8 heteroatoms. The molecule has 0 bridgehead atoms. The molecule has 2 aromatic heterocycles. The van der Waals surface area contributed by atoms with Crippen molar-refractivity contribution in [3.05, 3.63) is 57.1 Å². The Balaban J connectivity index is 1.86. The fourth-order valence-corrected chi connectivity index (χ4v) is 7.23. The summed E-state index contributed by atoms with van der Waals surface area (Å²) < 4.78 is 20.9. The maximum Gasteiger partial charge on any atom is 0.309 e. The van der Waals surface area contributed by atoms with Crippen LogP contribution in [0.4, 0.5) is 4.39 Å². The number of fused-ring (bicyclic) bond motifs is 5. The number of pyridine rings is 2. The molecule has 0 unspecified atom stereocenters. The average molecular weight is 453 g/mol. The van der Waals surface area contributed by atoms with Crippen LogP contribution < -0.4 is 10.7 Å². The van der Waals surface area contributed by atoms with Crippen molar-refractivity contribution in [2.45, 2.75) is 58.2 Å². The van der Waals surface area contributed by atoms with Gasteiger partial charge in [-0.05, 0) is 40.3 Å². The third kappa shape index (κ3) is 2.97. The van der Waals surface area contributed by atoms with E-state index in [0.717, 1.165) is 16.1 Å². The van der Waals surface area contributed by atoms with Crippen molar-refractivity contribution in [3.63, 3.8) is 0 Å². The molecule has 166 valence electrons. The Morgan fingerprint density at radius 2 is 1.97 bits per heavy atom. The Labute approximate surface area is 185 Å². The van der Waals surface area contributed by atoms with E-state index in [0.29, 0.717) is 34.6 Å². The second-order valence-corrected chi connectivity index (χ2v) is 14.8. The van der Waals surface area contributed by atoms with E-state index >= 15 is 0 Å². The molecular weight excluding hydrogens is 427 g/mol. The van der Waals surface area contributed by atoms with E-state index in [1.54, 1.807) is 23.6 Å². The highest BCUT2D eigenvalue weighted by Gasteiger charge is 2.40. The molecule has 2 aliphatic heterocycles. The lowest BCUT2D eigenvalue weighted by molar-refractivity contribution is -0.149. The molecule has 0 saturated carbocycles. The minimum atomic E-state index is -1.91. The number of halogens is 1. The molecule has 0 aliphatic carbocycles. The number of hydrogen-bond acceptors (Lipinski definition) is 5. The topological polar surface area (TPSA) is 81.4 Å². The lowest BCUT2D eigenvalue weighted by Gasteiger charge is -2.26. The molecule has 2 aliphatic rings. The number of carbonyl (C=O) groups excluding carboxylic acids is 1. The molecule has 0 radical (unpaired) electrons. The van der Waals surface area contributed by atoms with Gasteiger partial charge in [-0.25, -0.2) is 9.37 Å². The van der Waals surface area contributed by atoms with Gasteiger partial charge in [0.2, 0.25) is 0 Å². The predicted octanol–water partition coefficient (Wildman–Crippen LogP) is 3.15. The first-order valence-electron chi connectivity index (χ1n) is 10.8. The van der Waals surface area contributed by atoms with Crippen molar-refractivity contribution in [1.82, 2.24) is 9.55 Å². The quantitative estimate of drug-likeness (QED) is 0.373. The molecule has 1 atom stereocenters. The van der Waals surface area contributed by atoms with Crippen LogP contribution in [0.25, 0.3) is 22.3 Å². The molecule has 1 aromatic carbocycles. The van der Waals surface area contributed by atoms with E-state index in [1.165, 1.54) is 12.1 Å². The molecule has 5 rings (SSSR count). The van der Waals surface area contributed by atoms with Gasteiger partial charge in [-0.1, -0.05) is 32.6 Å². The average Bonchev–Trinajstić information content (AvgIpc) is 3.01. The summed E-state index contributed by atoms with van der Waals surface area (Å²) in [7, 11) is -1.91. The van der Waals surface area contributed by atoms with Crippen molar-refractivity contribution in [1.29, 1.82) is 0 Å². The number of nitrogens with zero attached hydrogens (tertiary/aromatic N) is 2. The highest BCUT2D eigenvalue weighted by atomic mass is 28.3. The third-order valence-corrected chi connectivity index (χ3v) is 8.73. The summed E-state index contributed by atoms with van der Waals surface area (Å²) in [4.78, 5) is 30.4. The first kappa shape index (κ1) is 21.0. The lowest BCUT2D eigenvalue weighted by atomic mass is 9.85. The molecule has 1 N–H and O–H groups in total. The fraction of sp³-hybridized carbons (Fsp3) is 0.375. The molecular formula is C24H25FN2O4Si. The second-order valence-electron chi connectivity index (χ2n) is 9.76. The summed E-state index contributed by atoms with van der Waals surface area (Å²) in [5.74, 6) is -0.893. The zero-order chi connectivity index (χ0) is 23.0. The molecule has 0 saturated heterocycles. The summed E-state index contributed by atoms with van der Waals surface area (Å²) in [6.07, 6.45) is 0.0597. The van der Waals surface area contributed by atoms with Gasteiger partial charge in [0, 0.05) is 6.07 Å². The molecule has 3 aromatic rings. The first-order valence-corrected chi connectivity index (χ1v) is 14.3. The molecule has 0 spiro atoms. The second kappa shape index (κ2) is 6.83. The number of carbonyl (C=O) groups is 1. The van der Waals surface area contributed by atoms with Crippen molar-refractivity contribution >= 4 is 30.1 Å². The van der Waals surface area contributed by atoms with Gasteiger partial charge < -0.3 is 14.4 Å². The Morgan fingerprint density at radius 3 is 2.66 bits per heavy atom. The largest absolute Gasteiger partial charge is 0.460 e. The Morgan fingerprint density at radius 1 is 1.22 bits per heavy atom. The summed E-state index contributed by atoms with van der Waals surface area (Å²) in [5, 5.41) is 13.3. The van der Waals surface area contributed by atoms with Crippen molar-refractivity contribution < 1.29 is 19.0 Å². The summed E-state index contributed by atoms with van der Waals surface area (Å²) in [5.41, 5.74) is 1.75. The normalized spacial score (nSPS) is 19.9. The van der Waals surface area contributed by atoms with Crippen LogP contribution >= 0.6 is 0 Å². The number of hydrogen-bond donors (Lipinski definition) is 1. The number of benzene rings is 1. The predicted molar refractivity (Wildman–Crippen MR) is 122 cm³/mol. The van der Waals surface area contributed by atoms with E-state index in [1.807, 2.05) is 0 Å². The van der Waals surface area contributed by atoms with Crippen LogP contribution in [0.5, 0.6) is 0 Å². The monoisotopic (exact) mass is 452 g/mol. The van der Waals surface area contributed by atoms with Crippen LogP contribution in [-0.2, 0) is 28.3 Å². The Kier molecular flexibility index (Phi) is 4.48. The summed E-state index contributed by atoms with van der Waals surface area (Å²) in [6.45, 7) is 8.65. The van der Waals surface area contributed by atoms with Gasteiger partial charge >= 0.3 is 5.97 Å². The van der Waals surface area contributed by atoms with Crippen LogP contribution in [0.15, 0.2) is 29.1 Å². The van der Waals surface area contributed by atoms with E-state index in [9.17, 15) is 19.1 Å². The molecule has 0 fully saturated rings. The van der Waals surface area contributed by atoms with Crippen LogP contribution in [0.1, 0.15) is 36.5 Å². The van der Waals surface area contributed by atoms with Gasteiger partial charge in [-0.3, -0.25) is 9.59 Å². The van der Waals surface area contributed by atoms with Crippen LogP contribution in [0.2, 0.25) is 19.6 Å². The molecule has 32 heavy (non-hydrogen) atoms. The van der Waals surface area contributed by atoms with E-state index in [-0.39, 0.29) is 30.8 Å². The molecule has 6 nitrogen and oxygen atoms in total. The lowest BCUT2D eigenvalue weighted by Crippen LogP contribution is -2.41. The summed E-state index contributed by atoms with van der Waals surface area (Å²) in [6, 6.07) is 6.44. The molecule has 0 amide bonds. The Bertz CT molecular complexity index is 1380. The van der Waals surface area contributed by atoms with Crippen LogP contribution in [0, 0.1) is 5.82 Å². The number of rotatable bonds is 2. The highest BCUT2D eigenvalue weighted by Crippen LogP contribution is 2.39. The maximum atomic E-state index is 14.1. The number of esters is 1. The number of ether oxygens (including phenoxy) is 1. The summed E-state index contributed by atoms with van der Waals surface area (Å²) >= 11 is 0. The molecule has 4 heterocycles. The number of cyclic esters (lactones) is 1. The zero-order valence-corrected chi connectivity index (χ0v) is 19.6. The van der Waals surface area contributed by atoms with Crippen LogP contribution in [-0.4, -0.2) is 28.7 Å². The standard InChI is InChI=1S/C24H25FN2O4Si/c1-5-24(30)10-20(28)31-12-16-17(24)9-19-21-15(11-27(19)23(16)29)22(32(2,3)4)14-7-6-13(25)8-18(14)26-21/h6-9,30H,5,10-12H2,1-4H3/t24-/m1/s1. The van der Waals surface area contributed by atoms with Crippen molar-refractivity contribution in [2.24, 2.45) is 0 Å². The minimum absolute atomic E-state index is 0.159. The Hall–Kier alpha value is -2.84.